The zero-order chi connectivity index (χ0) is 12.3. The summed E-state index contributed by atoms with van der Waals surface area (Å²) in [5.74, 6) is 0. The van der Waals surface area contributed by atoms with Gasteiger partial charge >= 0.3 is 6.18 Å². The number of nitrogens with one attached hydrogen (secondary N) is 1. The molecule has 0 heterocycles. The standard InChI is InChI=1S/C10H11ClF3NO/c1-15-5-8(16)9-6(10(12,13)14)3-2-4-7(9)11/h2-4,8,15-16H,5H2,1H3. The van der Waals surface area contributed by atoms with Crippen LogP contribution in [0.25, 0.3) is 0 Å². The van der Waals surface area contributed by atoms with Crippen LogP contribution in [0.15, 0.2) is 18.2 Å². The molecule has 0 aliphatic carbocycles. The first kappa shape index (κ1) is 13.3. The Hall–Kier alpha value is -0.780. The average molecular weight is 254 g/mol. The third-order valence-corrected chi connectivity index (χ3v) is 2.42. The van der Waals surface area contributed by atoms with E-state index in [9.17, 15) is 18.3 Å². The molecule has 2 N–H and O–H groups in total. The number of likely N-dealkylation sites (N-methyl/N-ethyl adjacent to an activating group) is 1. The van der Waals surface area contributed by atoms with E-state index in [1.54, 1.807) is 0 Å². The van der Waals surface area contributed by atoms with E-state index in [-0.39, 0.29) is 17.1 Å². The molecule has 0 aliphatic rings. The maximum absolute atomic E-state index is 12.6. The fraction of sp³-hybridized carbons (Fsp3) is 0.400. The van der Waals surface area contributed by atoms with E-state index < -0.39 is 17.8 Å². The van der Waals surface area contributed by atoms with E-state index in [0.29, 0.717) is 0 Å². The van der Waals surface area contributed by atoms with Gasteiger partial charge in [-0.15, -0.1) is 0 Å². The van der Waals surface area contributed by atoms with E-state index in [1.807, 2.05) is 0 Å². The Morgan fingerprint density at radius 1 is 1.44 bits per heavy atom. The van der Waals surface area contributed by atoms with Crippen LogP contribution in [0.1, 0.15) is 17.2 Å². The predicted molar refractivity (Wildman–Crippen MR) is 55.3 cm³/mol. The van der Waals surface area contributed by atoms with Gasteiger partial charge in [-0.3, -0.25) is 0 Å². The van der Waals surface area contributed by atoms with Crippen LogP contribution >= 0.6 is 11.6 Å². The second-order valence-electron chi connectivity index (χ2n) is 3.27. The molecule has 0 aliphatic heterocycles. The van der Waals surface area contributed by atoms with E-state index in [4.69, 9.17) is 11.6 Å². The molecule has 1 aromatic carbocycles. The Balaban J connectivity index is 3.24. The van der Waals surface area contributed by atoms with Crippen molar-refractivity contribution in [3.63, 3.8) is 0 Å². The highest BCUT2D eigenvalue weighted by Crippen LogP contribution is 2.37. The lowest BCUT2D eigenvalue weighted by Gasteiger charge is -2.18. The smallest absolute Gasteiger partial charge is 0.387 e. The van der Waals surface area contributed by atoms with E-state index in [0.717, 1.165) is 6.07 Å². The summed E-state index contributed by atoms with van der Waals surface area (Å²) in [6, 6.07) is 3.44. The monoisotopic (exact) mass is 253 g/mol. The van der Waals surface area contributed by atoms with Crippen LogP contribution < -0.4 is 5.32 Å². The molecule has 1 aromatic rings. The number of aliphatic hydroxyl groups excluding tert-OH is 1. The molecule has 1 rings (SSSR count). The van der Waals surface area contributed by atoms with Crippen LogP contribution in [-0.2, 0) is 6.18 Å². The van der Waals surface area contributed by atoms with Gasteiger partial charge in [0.1, 0.15) is 0 Å². The SMILES string of the molecule is CNCC(O)c1c(Cl)cccc1C(F)(F)F. The molecule has 0 saturated carbocycles. The highest BCUT2D eigenvalue weighted by atomic mass is 35.5. The molecule has 90 valence electrons. The van der Waals surface area contributed by atoms with Crippen molar-refractivity contribution in [3.05, 3.63) is 34.3 Å². The quantitative estimate of drug-likeness (QED) is 0.868. The molecule has 1 unspecified atom stereocenters. The second kappa shape index (κ2) is 5.03. The van der Waals surface area contributed by atoms with Crippen LogP contribution in [0.4, 0.5) is 13.2 Å². The lowest BCUT2D eigenvalue weighted by Crippen LogP contribution is -2.20. The van der Waals surface area contributed by atoms with Crippen LogP contribution in [0.2, 0.25) is 5.02 Å². The summed E-state index contributed by atoms with van der Waals surface area (Å²) in [5.41, 5.74) is -1.19. The Morgan fingerprint density at radius 3 is 2.56 bits per heavy atom. The molecule has 1 atom stereocenters. The molecular weight excluding hydrogens is 243 g/mol. The highest BCUT2D eigenvalue weighted by Gasteiger charge is 2.35. The summed E-state index contributed by atoms with van der Waals surface area (Å²) in [4.78, 5) is 0. The number of hydrogen-bond donors (Lipinski definition) is 2. The topological polar surface area (TPSA) is 32.3 Å². The molecule has 0 fully saturated rings. The van der Waals surface area contributed by atoms with Gasteiger partial charge in [-0.1, -0.05) is 17.7 Å². The van der Waals surface area contributed by atoms with Gasteiger partial charge in [0.2, 0.25) is 0 Å². The average Bonchev–Trinajstić information content (AvgIpc) is 2.16. The van der Waals surface area contributed by atoms with Crippen molar-refractivity contribution in [2.75, 3.05) is 13.6 Å². The zero-order valence-corrected chi connectivity index (χ0v) is 9.23. The molecule has 0 radical (unpaired) electrons. The summed E-state index contributed by atoms with van der Waals surface area (Å²) in [6.45, 7) is 0.00676. The maximum Gasteiger partial charge on any atom is 0.416 e. The number of alkyl halides is 3. The second-order valence-corrected chi connectivity index (χ2v) is 3.68. The van der Waals surface area contributed by atoms with Gasteiger partial charge in [-0.05, 0) is 19.2 Å². The summed E-state index contributed by atoms with van der Waals surface area (Å²) in [7, 11) is 1.54. The van der Waals surface area contributed by atoms with Crippen LogP contribution in [-0.4, -0.2) is 18.7 Å². The zero-order valence-electron chi connectivity index (χ0n) is 8.48. The van der Waals surface area contributed by atoms with Crippen LogP contribution in [0.5, 0.6) is 0 Å². The minimum atomic E-state index is -4.52. The molecule has 16 heavy (non-hydrogen) atoms. The van der Waals surface area contributed by atoms with Crippen molar-refractivity contribution in [2.45, 2.75) is 12.3 Å². The fourth-order valence-corrected chi connectivity index (χ4v) is 1.72. The number of halogens is 4. The minimum absolute atomic E-state index is 0.00676. The largest absolute Gasteiger partial charge is 0.416 e. The molecule has 0 saturated heterocycles. The fourth-order valence-electron chi connectivity index (χ4n) is 1.42. The van der Waals surface area contributed by atoms with Gasteiger partial charge in [-0.25, -0.2) is 0 Å². The summed E-state index contributed by atoms with van der Waals surface area (Å²) >= 11 is 5.68. The van der Waals surface area contributed by atoms with Crippen molar-refractivity contribution < 1.29 is 18.3 Å². The maximum atomic E-state index is 12.6. The molecule has 2 nitrogen and oxygen atoms in total. The Labute approximate surface area is 96.0 Å². The normalized spacial score (nSPS) is 13.9. The summed E-state index contributed by atoms with van der Waals surface area (Å²) in [6.07, 6.45) is -5.80. The van der Waals surface area contributed by atoms with Crippen molar-refractivity contribution in [2.24, 2.45) is 0 Å². The highest BCUT2D eigenvalue weighted by molar-refractivity contribution is 6.31. The Kier molecular flexibility index (Phi) is 4.18. The van der Waals surface area contributed by atoms with Crippen LogP contribution in [0, 0.1) is 0 Å². The van der Waals surface area contributed by atoms with E-state index in [1.165, 1.54) is 19.2 Å². The summed E-state index contributed by atoms with van der Waals surface area (Å²) < 4.78 is 37.9. The van der Waals surface area contributed by atoms with E-state index in [2.05, 4.69) is 5.32 Å². The molecule has 0 spiro atoms. The lowest BCUT2D eigenvalue weighted by molar-refractivity contribution is -0.139. The van der Waals surface area contributed by atoms with Gasteiger partial charge < -0.3 is 10.4 Å². The molecular formula is C10H11ClF3NO. The van der Waals surface area contributed by atoms with Gasteiger partial charge in [0.15, 0.2) is 0 Å². The molecule has 0 aromatic heterocycles. The number of rotatable bonds is 3. The molecule has 0 amide bonds. The van der Waals surface area contributed by atoms with Gasteiger partial charge in [0.05, 0.1) is 11.7 Å². The third kappa shape index (κ3) is 2.87. The number of benzene rings is 1. The first-order chi connectivity index (χ1) is 7.38. The Bertz CT molecular complexity index is 368. The van der Waals surface area contributed by atoms with Crippen molar-refractivity contribution >= 4 is 11.6 Å². The van der Waals surface area contributed by atoms with Gasteiger partial charge in [-0.2, -0.15) is 13.2 Å². The molecule has 6 heteroatoms. The number of aliphatic hydroxyl groups is 1. The first-order valence-electron chi connectivity index (χ1n) is 4.56. The predicted octanol–water partition coefficient (Wildman–Crippen LogP) is 2.61. The van der Waals surface area contributed by atoms with Crippen molar-refractivity contribution in [1.29, 1.82) is 0 Å². The minimum Gasteiger partial charge on any atom is -0.387 e. The lowest BCUT2D eigenvalue weighted by atomic mass is 10.0. The first-order valence-corrected chi connectivity index (χ1v) is 4.94. The number of hydrogen-bond acceptors (Lipinski definition) is 2. The van der Waals surface area contributed by atoms with Gasteiger partial charge in [0, 0.05) is 17.1 Å². The Morgan fingerprint density at radius 2 is 2.06 bits per heavy atom. The van der Waals surface area contributed by atoms with Crippen LogP contribution in [0.3, 0.4) is 0 Å². The summed E-state index contributed by atoms with van der Waals surface area (Å²) in [5, 5.41) is 12.1. The molecule has 0 bridgehead atoms. The van der Waals surface area contributed by atoms with E-state index >= 15 is 0 Å². The van der Waals surface area contributed by atoms with Gasteiger partial charge in [0.25, 0.3) is 0 Å². The van der Waals surface area contributed by atoms with Crippen molar-refractivity contribution in [1.82, 2.24) is 5.32 Å². The third-order valence-electron chi connectivity index (χ3n) is 2.09. The van der Waals surface area contributed by atoms with Crippen molar-refractivity contribution in [3.8, 4) is 0 Å².